The summed E-state index contributed by atoms with van der Waals surface area (Å²) in [5.41, 5.74) is 3.67. The van der Waals surface area contributed by atoms with Crippen molar-refractivity contribution in [3.63, 3.8) is 0 Å². The molecule has 3 aliphatic heterocycles. The highest BCUT2D eigenvalue weighted by Crippen LogP contribution is 2.30. The van der Waals surface area contributed by atoms with Gasteiger partial charge >= 0.3 is 5.97 Å². The molecule has 5 rings (SSSR count). The molecule has 1 N–H and O–H groups in total. The van der Waals surface area contributed by atoms with Gasteiger partial charge in [-0.15, -0.1) is 0 Å². The lowest BCUT2D eigenvalue weighted by molar-refractivity contribution is -0.141. The van der Waals surface area contributed by atoms with Crippen molar-refractivity contribution < 1.29 is 19.0 Å². The largest absolute Gasteiger partial charge is 0.493 e. The van der Waals surface area contributed by atoms with Crippen LogP contribution in [0.25, 0.3) is 0 Å². The van der Waals surface area contributed by atoms with Gasteiger partial charge in [-0.25, -0.2) is 4.98 Å². The molecule has 2 atom stereocenters. The Balaban J connectivity index is 1.16. The molecule has 36 heavy (non-hydrogen) atoms. The second kappa shape index (κ2) is 12.1. The van der Waals surface area contributed by atoms with Crippen LogP contribution >= 0.6 is 0 Å². The molecule has 0 radical (unpaired) electrons. The number of hydrogen-bond acceptors (Lipinski definition) is 7. The van der Waals surface area contributed by atoms with E-state index in [2.05, 4.69) is 34.5 Å². The van der Waals surface area contributed by atoms with E-state index in [-0.39, 0.29) is 11.9 Å². The van der Waals surface area contributed by atoms with Gasteiger partial charge in [-0.3, -0.25) is 4.79 Å². The van der Waals surface area contributed by atoms with Gasteiger partial charge in [-0.1, -0.05) is 18.2 Å². The van der Waals surface area contributed by atoms with Crippen LogP contribution in [0.15, 0.2) is 36.4 Å². The lowest BCUT2D eigenvalue weighted by atomic mass is 9.94. The van der Waals surface area contributed by atoms with Gasteiger partial charge in [0, 0.05) is 37.2 Å². The molecule has 194 valence electrons. The molecule has 7 nitrogen and oxygen atoms in total. The number of aromatic nitrogens is 1. The van der Waals surface area contributed by atoms with Gasteiger partial charge in [0.1, 0.15) is 11.6 Å². The van der Waals surface area contributed by atoms with Crippen molar-refractivity contribution >= 4 is 11.8 Å². The Hall–Kier alpha value is -2.64. The number of likely N-dealkylation sites (tertiary alicyclic amines) is 1. The fourth-order valence-corrected chi connectivity index (χ4v) is 5.51. The molecule has 0 aliphatic carbocycles. The predicted octanol–water partition coefficient (Wildman–Crippen LogP) is 4.07. The Morgan fingerprint density at radius 2 is 2.17 bits per heavy atom. The van der Waals surface area contributed by atoms with Gasteiger partial charge in [-0.2, -0.15) is 0 Å². The van der Waals surface area contributed by atoms with Crippen LogP contribution in [0.3, 0.4) is 0 Å². The topological polar surface area (TPSA) is 72.9 Å². The summed E-state index contributed by atoms with van der Waals surface area (Å²) in [4.78, 5) is 19.6. The monoisotopic (exact) mass is 493 g/mol. The Bertz CT molecular complexity index is 1030. The number of nitrogens with one attached hydrogen (secondary N) is 1. The molecule has 7 heteroatoms. The molecule has 0 bridgehead atoms. The van der Waals surface area contributed by atoms with Gasteiger partial charge in [0.05, 0.1) is 33.4 Å². The van der Waals surface area contributed by atoms with Crippen LogP contribution in [0, 0.1) is 11.8 Å². The summed E-state index contributed by atoms with van der Waals surface area (Å²) in [7, 11) is 1.47. The van der Waals surface area contributed by atoms with Gasteiger partial charge in [0.2, 0.25) is 0 Å². The van der Waals surface area contributed by atoms with Crippen LogP contribution in [-0.4, -0.2) is 69.0 Å². The maximum Gasteiger partial charge on any atom is 0.306 e. The Kier molecular flexibility index (Phi) is 8.39. The van der Waals surface area contributed by atoms with Crippen LogP contribution in [0.2, 0.25) is 0 Å². The molecule has 1 aromatic carbocycles. The van der Waals surface area contributed by atoms with E-state index in [1.807, 2.05) is 12.1 Å². The van der Waals surface area contributed by atoms with Crippen molar-refractivity contribution in [1.82, 2.24) is 9.88 Å². The molecule has 0 saturated carbocycles. The van der Waals surface area contributed by atoms with E-state index in [0.717, 1.165) is 75.8 Å². The zero-order valence-electron chi connectivity index (χ0n) is 21.4. The molecule has 1 aromatic heterocycles. The minimum Gasteiger partial charge on any atom is -0.493 e. The van der Waals surface area contributed by atoms with Crippen LogP contribution in [0.4, 0.5) is 5.82 Å². The number of methoxy groups -OCH3 is 1. The smallest absolute Gasteiger partial charge is 0.306 e. The van der Waals surface area contributed by atoms with Gasteiger partial charge in [0.25, 0.3) is 0 Å². The average molecular weight is 494 g/mol. The number of nitrogens with zero attached hydrogens (tertiary/aromatic N) is 2. The number of hydrogen-bond donors (Lipinski definition) is 1. The highest BCUT2D eigenvalue weighted by atomic mass is 16.5. The molecule has 2 unspecified atom stereocenters. The van der Waals surface area contributed by atoms with E-state index >= 15 is 0 Å². The van der Waals surface area contributed by atoms with Crippen molar-refractivity contribution in [3.8, 4) is 5.75 Å². The van der Waals surface area contributed by atoms with E-state index in [1.165, 1.54) is 31.2 Å². The highest BCUT2D eigenvalue weighted by Gasteiger charge is 2.27. The van der Waals surface area contributed by atoms with Crippen molar-refractivity contribution in [2.45, 2.75) is 44.4 Å². The molecule has 2 fully saturated rings. The number of rotatable bonds is 11. The van der Waals surface area contributed by atoms with Gasteiger partial charge in [-0.05, 0) is 73.9 Å². The summed E-state index contributed by atoms with van der Waals surface area (Å²) < 4.78 is 16.3. The number of anilines is 1. The van der Waals surface area contributed by atoms with E-state index < -0.39 is 0 Å². The Morgan fingerprint density at radius 1 is 1.25 bits per heavy atom. The van der Waals surface area contributed by atoms with E-state index in [0.29, 0.717) is 24.9 Å². The summed E-state index contributed by atoms with van der Waals surface area (Å²) >= 11 is 0. The normalized spacial score (nSPS) is 20.8. The van der Waals surface area contributed by atoms with E-state index in [4.69, 9.17) is 19.2 Å². The molecular weight excluding hydrogens is 454 g/mol. The quantitative estimate of drug-likeness (QED) is 0.473. The number of esters is 1. The second-order valence-corrected chi connectivity index (χ2v) is 10.6. The zero-order chi connectivity index (χ0) is 24.7. The average Bonchev–Trinajstić information content (AvgIpc) is 3.33. The zero-order valence-corrected chi connectivity index (χ0v) is 21.4. The molecule has 4 heterocycles. The van der Waals surface area contributed by atoms with Crippen molar-refractivity contribution in [2.24, 2.45) is 11.8 Å². The predicted molar refractivity (Wildman–Crippen MR) is 140 cm³/mol. The van der Waals surface area contributed by atoms with Gasteiger partial charge < -0.3 is 24.4 Å². The second-order valence-electron chi connectivity index (χ2n) is 10.6. The summed E-state index contributed by atoms with van der Waals surface area (Å²) in [6.45, 7) is 6.25. The fourth-order valence-electron chi connectivity index (χ4n) is 5.51. The SMILES string of the molecule is COC(=O)CC(CN1CCC(CCc2ccc3c(n2)NCCC3)C1)c1cccc(OCC2COC2)c1. The standard InChI is InChI=1S/C29H39N3O4/c1-34-28(33)15-25(24-4-2-6-27(14-24)36-20-22-18-35-19-22)17-32-13-11-21(16-32)7-9-26-10-8-23-5-3-12-30-29(23)31-26/h2,4,6,8,10,14,21-22,25H,3,5,7,9,11-13,15-20H2,1H3,(H,30,31). The van der Waals surface area contributed by atoms with Crippen molar-refractivity contribution in [2.75, 3.05) is 58.4 Å². The molecule has 0 amide bonds. The fraction of sp³-hybridized carbons (Fsp3) is 0.586. The number of benzene rings is 1. The third kappa shape index (κ3) is 6.56. The first-order chi connectivity index (χ1) is 17.7. The summed E-state index contributed by atoms with van der Waals surface area (Å²) in [5, 5.41) is 3.45. The van der Waals surface area contributed by atoms with Crippen molar-refractivity contribution in [3.05, 3.63) is 53.2 Å². The molecule has 0 spiro atoms. The minimum atomic E-state index is -0.166. The van der Waals surface area contributed by atoms with Crippen LogP contribution in [0.1, 0.15) is 48.4 Å². The van der Waals surface area contributed by atoms with Crippen LogP contribution in [-0.2, 0) is 27.1 Å². The Labute approximate surface area is 214 Å². The maximum atomic E-state index is 12.2. The number of fused-ring (bicyclic) bond motifs is 1. The summed E-state index contributed by atoms with van der Waals surface area (Å²) in [5.74, 6) is 3.01. The van der Waals surface area contributed by atoms with Crippen LogP contribution in [0.5, 0.6) is 5.75 Å². The molecular formula is C29H39N3O4. The molecule has 2 aromatic rings. The van der Waals surface area contributed by atoms with E-state index in [1.54, 1.807) is 0 Å². The first-order valence-corrected chi connectivity index (χ1v) is 13.5. The molecule has 3 aliphatic rings. The van der Waals surface area contributed by atoms with Crippen molar-refractivity contribution in [1.29, 1.82) is 0 Å². The first-order valence-electron chi connectivity index (χ1n) is 13.5. The number of carbonyl (C=O) groups is 1. The summed E-state index contributed by atoms with van der Waals surface area (Å²) in [6.07, 6.45) is 6.06. The lowest BCUT2D eigenvalue weighted by Gasteiger charge is -2.26. The number of aryl methyl sites for hydroxylation is 2. The molecule has 2 saturated heterocycles. The number of carbonyl (C=O) groups excluding carboxylic acids is 1. The summed E-state index contributed by atoms with van der Waals surface area (Å²) in [6, 6.07) is 12.7. The van der Waals surface area contributed by atoms with Crippen LogP contribution < -0.4 is 10.1 Å². The number of pyridine rings is 1. The number of ether oxygens (including phenoxy) is 3. The highest BCUT2D eigenvalue weighted by molar-refractivity contribution is 5.70. The minimum absolute atomic E-state index is 0.0835. The third-order valence-corrected chi connectivity index (χ3v) is 7.77. The van der Waals surface area contributed by atoms with Gasteiger partial charge in [0.15, 0.2) is 0 Å². The first kappa shape index (κ1) is 25.0. The Morgan fingerprint density at radius 3 is 3.00 bits per heavy atom. The lowest BCUT2D eigenvalue weighted by Crippen LogP contribution is -2.32. The maximum absolute atomic E-state index is 12.2. The van der Waals surface area contributed by atoms with E-state index in [9.17, 15) is 4.79 Å². The third-order valence-electron chi connectivity index (χ3n) is 7.77.